The molecule has 114 valence electrons. The lowest BCUT2D eigenvalue weighted by molar-refractivity contribution is 0.0955. The van der Waals surface area contributed by atoms with Gasteiger partial charge in [0, 0.05) is 23.4 Å². The van der Waals surface area contributed by atoms with Crippen molar-refractivity contribution in [2.24, 2.45) is 0 Å². The predicted octanol–water partition coefficient (Wildman–Crippen LogP) is 3.27. The van der Waals surface area contributed by atoms with Crippen molar-refractivity contribution in [2.75, 3.05) is 12.3 Å². The molecule has 0 atom stereocenters. The molecule has 0 bridgehead atoms. The maximum absolute atomic E-state index is 12.7. The third kappa shape index (κ3) is 4.66. The van der Waals surface area contributed by atoms with Crippen LogP contribution in [0.3, 0.4) is 0 Å². The summed E-state index contributed by atoms with van der Waals surface area (Å²) in [5.41, 5.74) is 0.771. The molecule has 2 aromatic carbocycles. The van der Waals surface area contributed by atoms with Gasteiger partial charge in [-0.25, -0.2) is 8.78 Å². The topological polar surface area (TPSA) is 46.2 Å². The van der Waals surface area contributed by atoms with Crippen molar-refractivity contribution in [1.29, 1.82) is 0 Å². The summed E-state index contributed by atoms with van der Waals surface area (Å²) >= 11 is 1.04. The summed E-state index contributed by atoms with van der Waals surface area (Å²) in [7, 11) is 0. The van der Waals surface area contributed by atoms with Crippen molar-refractivity contribution in [3.05, 3.63) is 71.3 Å². The molecule has 0 aliphatic rings. The Bertz CT molecular complexity index is 597. The zero-order valence-corrected chi connectivity index (χ0v) is 12.3. The molecular formula is C16H13F2NO2S. The third-order valence-electron chi connectivity index (χ3n) is 2.81. The number of nitrogens with one attached hydrogen (secondary N) is 1. The Balaban J connectivity index is 1.74. The molecule has 3 nitrogen and oxygen atoms in total. The molecule has 0 spiro atoms. The molecule has 2 aromatic rings. The number of carbonyl (C=O) groups excluding carboxylic acids is 2. The third-order valence-corrected chi connectivity index (χ3v) is 3.71. The quantitative estimate of drug-likeness (QED) is 0.860. The van der Waals surface area contributed by atoms with E-state index in [4.69, 9.17) is 0 Å². The normalized spacial score (nSPS) is 10.3. The minimum absolute atomic E-state index is 0.184. The van der Waals surface area contributed by atoms with Crippen LogP contribution in [-0.4, -0.2) is 23.3 Å². The van der Waals surface area contributed by atoms with Crippen LogP contribution in [-0.2, 0) is 0 Å². The molecule has 0 fully saturated rings. The first-order valence-electron chi connectivity index (χ1n) is 6.53. The van der Waals surface area contributed by atoms with E-state index in [9.17, 15) is 18.4 Å². The molecule has 0 aliphatic heterocycles. The molecule has 0 aromatic heterocycles. The average Bonchev–Trinajstić information content (AvgIpc) is 2.52. The molecule has 6 heteroatoms. The van der Waals surface area contributed by atoms with E-state index in [1.807, 2.05) is 0 Å². The highest BCUT2D eigenvalue weighted by Crippen LogP contribution is 2.12. The zero-order valence-electron chi connectivity index (χ0n) is 11.5. The largest absolute Gasteiger partial charge is 0.351 e. The Morgan fingerprint density at radius 1 is 0.864 bits per heavy atom. The van der Waals surface area contributed by atoms with Gasteiger partial charge in [0.15, 0.2) is 0 Å². The second-order valence-electron chi connectivity index (χ2n) is 4.41. The van der Waals surface area contributed by atoms with Crippen molar-refractivity contribution in [2.45, 2.75) is 0 Å². The summed E-state index contributed by atoms with van der Waals surface area (Å²) in [5, 5.41) is 2.46. The van der Waals surface area contributed by atoms with Crippen molar-refractivity contribution in [3.8, 4) is 0 Å². The molecule has 2 rings (SSSR count). The van der Waals surface area contributed by atoms with Crippen LogP contribution in [0.4, 0.5) is 8.78 Å². The van der Waals surface area contributed by atoms with Gasteiger partial charge in [-0.15, -0.1) is 0 Å². The minimum atomic E-state index is -0.406. The lowest BCUT2D eigenvalue weighted by Crippen LogP contribution is -2.26. The van der Waals surface area contributed by atoms with Crippen LogP contribution in [0, 0.1) is 11.6 Å². The number of halogens is 2. The second kappa shape index (κ2) is 7.70. The van der Waals surface area contributed by atoms with E-state index < -0.39 is 11.6 Å². The van der Waals surface area contributed by atoms with Gasteiger partial charge in [-0.2, -0.15) is 0 Å². The Hall–Kier alpha value is -2.21. The Kier molecular flexibility index (Phi) is 5.66. The van der Waals surface area contributed by atoms with Gasteiger partial charge in [0.05, 0.1) is 0 Å². The SMILES string of the molecule is O=C(NCCSC(=O)c1ccc(F)cc1)c1ccc(F)cc1. The highest BCUT2D eigenvalue weighted by molar-refractivity contribution is 8.14. The first kappa shape index (κ1) is 16.2. The number of hydrogen-bond acceptors (Lipinski definition) is 3. The first-order chi connectivity index (χ1) is 10.6. The summed E-state index contributed by atoms with van der Waals surface area (Å²) in [6, 6.07) is 10.5. The van der Waals surface area contributed by atoms with Crippen LogP contribution < -0.4 is 5.32 Å². The number of carbonyl (C=O) groups is 2. The number of thioether (sulfide) groups is 1. The molecule has 0 saturated heterocycles. The fourth-order valence-electron chi connectivity index (χ4n) is 1.68. The van der Waals surface area contributed by atoms with Gasteiger partial charge in [-0.3, -0.25) is 9.59 Å². The molecule has 0 aliphatic carbocycles. The summed E-state index contributed by atoms with van der Waals surface area (Å²) in [4.78, 5) is 23.5. The fraction of sp³-hybridized carbons (Fsp3) is 0.125. The van der Waals surface area contributed by atoms with Gasteiger partial charge in [0.25, 0.3) is 5.91 Å². The number of rotatable bonds is 5. The number of amides is 1. The molecule has 22 heavy (non-hydrogen) atoms. The molecular weight excluding hydrogens is 308 g/mol. The maximum atomic E-state index is 12.7. The Morgan fingerprint density at radius 2 is 1.36 bits per heavy atom. The highest BCUT2D eigenvalue weighted by Gasteiger charge is 2.08. The summed E-state index contributed by atoms with van der Waals surface area (Å²) in [6.07, 6.45) is 0. The average molecular weight is 321 g/mol. The molecule has 0 radical (unpaired) electrons. The smallest absolute Gasteiger partial charge is 0.251 e. The van der Waals surface area contributed by atoms with E-state index in [2.05, 4.69) is 5.32 Å². The standard InChI is InChI=1S/C16H13F2NO2S/c17-13-5-1-11(2-6-13)15(20)19-9-10-22-16(21)12-3-7-14(18)8-4-12/h1-8H,9-10H2,(H,19,20). The molecule has 0 unspecified atom stereocenters. The maximum Gasteiger partial charge on any atom is 0.251 e. The molecule has 1 N–H and O–H groups in total. The lowest BCUT2D eigenvalue weighted by atomic mass is 10.2. The highest BCUT2D eigenvalue weighted by atomic mass is 32.2. The molecule has 0 heterocycles. The zero-order chi connectivity index (χ0) is 15.9. The van der Waals surface area contributed by atoms with Crippen molar-refractivity contribution in [1.82, 2.24) is 5.32 Å². The van der Waals surface area contributed by atoms with E-state index in [1.54, 1.807) is 0 Å². The van der Waals surface area contributed by atoms with Crippen molar-refractivity contribution >= 4 is 22.8 Å². The van der Waals surface area contributed by atoms with Gasteiger partial charge in [0.1, 0.15) is 11.6 Å². The van der Waals surface area contributed by atoms with Gasteiger partial charge >= 0.3 is 0 Å². The van der Waals surface area contributed by atoms with Crippen LogP contribution in [0.5, 0.6) is 0 Å². The Labute approximate surface area is 130 Å². The summed E-state index contributed by atoms with van der Waals surface area (Å²) in [5.74, 6) is -0.733. The Morgan fingerprint density at radius 3 is 1.91 bits per heavy atom. The minimum Gasteiger partial charge on any atom is -0.351 e. The predicted molar refractivity (Wildman–Crippen MR) is 81.9 cm³/mol. The summed E-state index contributed by atoms with van der Waals surface area (Å²) < 4.78 is 25.5. The van der Waals surface area contributed by atoms with E-state index in [1.165, 1.54) is 48.5 Å². The first-order valence-corrected chi connectivity index (χ1v) is 7.51. The van der Waals surface area contributed by atoms with Crippen molar-refractivity contribution in [3.63, 3.8) is 0 Å². The van der Waals surface area contributed by atoms with E-state index >= 15 is 0 Å². The van der Waals surface area contributed by atoms with Crippen LogP contribution in [0.25, 0.3) is 0 Å². The lowest BCUT2D eigenvalue weighted by Gasteiger charge is -2.05. The molecule has 1 amide bonds. The number of hydrogen-bond donors (Lipinski definition) is 1. The van der Waals surface area contributed by atoms with E-state index in [0.717, 1.165) is 11.8 Å². The van der Waals surface area contributed by atoms with Gasteiger partial charge < -0.3 is 5.32 Å². The van der Waals surface area contributed by atoms with Gasteiger partial charge in [-0.1, -0.05) is 11.8 Å². The fourth-order valence-corrected chi connectivity index (χ4v) is 2.37. The van der Waals surface area contributed by atoms with Crippen LogP contribution in [0.2, 0.25) is 0 Å². The van der Waals surface area contributed by atoms with Crippen LogP contribution in [0.1, 0.15) is 20.7 Å². The van der Waals surface area contributed by atoms with E-state index in [-0.39, 0.29) is 11.0 Å². The number of benzene rings is 2. The molecule has 0 saturated carbocycles. The van der Waals surface area contributed by atoms with Crippen LogP contribution in [0.15, 0.2) is 48.5 Å². The summed E-state index contributed by atoms with van der Waals surface area (Å²) in [6.45, 7) is 0.299. The van der Waals surface area contributed by atoms with Gasteiger partial charge in [0.2, 0.25) is 5.12 Å². The van der Waals surface area contributed by atoms with E-state index in [0.29, 0.717) is 23.4 Å². The monoisotopic (exact) mass is 321 g/mol. The van der Waals surface area contributed by atoms with Crippen LogP contribution >= 0.6 is 11.8 Å². The second-order valence-corrected chi connectivity index (χ2v) is 5.47. The van der Waals surface area contributed by atoms with Crippen molar-refractivity contribution < 1.29 is 18.4 Å². The van der Waals surface area contributed by atoms with Gasteiger partial charge in [-0.05, 0) is 48.5 Å².